The number of rotatable bonds is 3. The van der Waals surface area contributed by atoms with Crippen LogP contribution in [-0.2, 0) is 0 Å². The molecule has 5 nitrogen and oxygen atoms in total. The van der Waals surface area contributed by atoms with E-state index in [1.165, 1.54) is 0 Å². The molecular formula is C16H23N5. The van der Waals surface area contributed by atoms with Gasteiger partial charge in [0.25, 0.3) is 0 Å². The van der Waals surface area contributed by atoms with Gasteiger partial charge in [0.1, 0.15) is 11.4 Å². The Morgan fingerprint density at radius 2 is 1.90 bits per heavy atom. The number of aromatic nitrogens is 4. The first-order chi connectivity index (χ1) is 10.1. The van der Waals surface area contributed by atoms with Gasteiger partial charge in [-0.15, -0.1) is 0 Å². The number of piperidine rings is 1. The van der Waals surface area contributed by atoms with Crippen LogP contribution >= 0.6 is 0 Å². The summed E-state index contributed by atoms with van der Waals surface area (Å²) in [7, 11) is 0. The number of nitrogens with zero attached hydrogens (tertiary/aromatic N) is 4. The second-order valence-corrected chi connectivity index (χ2v) is 6.13. The molecule has 0 saturated carbocycles. The van der Waals surface area contributed by atoms with E-state index in [1.807, 2.05) is 13.0 Å². The lowest BCUT2D eigenvalue weighted by molar-refractivity contribution is 0.171. The van der Waals surface area contributed by atoms with Crippen LogP contribution in [0.2, 0.25) is 0 Å². The average Bonchev–Trinajstić information content (AvgIpc) is 2.94. The van der Waals surface area contributed by atoms with Gasteiger partial charge < -0.3 is 4.90 Å². The smallest absolute Gasteiger partial charge is 0.113 e. The van der Waals surface area contributed by atoms with Crippen molar-refractivity contribution < 1.29 is 0 Å². The molecular weight excluding hydrogens is 262 g/mol. The first-order valence-electron chi connectivity index (χ1n) is 7.72. The van der Waals surface area contributed by atoms with E-state index in [0.29, 0.717) is 12.0 Å². The van der Waals surface area contributed by atoms with Crippen LogP contribution in [0.25, 0.3) is 11.4 Å². The molecule has 0 radical (unpaired) electrons. The standard InChI is InChI=1S/C16H23N5/c1-11(2)21-8-4-13(5-9-21)15-16(18-7-6-17-15)14-10-12(3)19-20-14/h6-7,10-11,13H,4-5,8-9H2,1-3H3,(H,19,20). The summed E-state index contributed by atoms with van der Waals surface area (Å²) in [6.45, 7) is 8.81. The quantitative estimate of drug-likeness (QED) is 0.942. The van der Waals surface area contributed by atoms with Crippen LogP contribution in [0.15, 0.2) is 18.5 Å². The van der Waals surface area contributed by atoms with E-state index in [1.54, 1.807) is 12.4 Å². The van der Waals surface area contributed by atoms with Gasteiger partial charge in [-0.2, -0.15) is 5.10 Å². The normalized spacial score (nSPS) is 17.5. The fourth-order valence-electron chi connectivity index (χ4n) is 3.07. The largest absolute Gasteiger partial charge is 0.301 e. The summed E-state index contributed by atoms with van der Waals surface area (Å²) >= 11 is 0. The maximum atomic E-state index is 4.62. The highest BCUT2D eigenvalue weighted by Gasteiger charge is 2.26. The lowest BCUT2D eigenvalue weighted by Crippen LogP contribution is -2.38. The van der Waals surface area contributed by atoms with E-state index >= 15 is 0 Å². The fraction of sp³-hybridized carbons (Fsp3) is 0.562. The number of H-pyrrole nitrogens is 1. The topological polar surface area (TPSA) is 57.7 Å². The molecule has 3 heterocycles. The molecule has 3 rings (SSSR count). The summed E-state index contributed by atoms with van der Waals surface area (Å²) in [6, 6.07) is 2.66. The Hall–Kier alpha value is -1.75. The molecule has 2 aromatic rings. The van der Waals surface area contributed by atoms with Crippen LogP contribution in [0.5, 0.6) is 0 Å². The summed E-state index contributed by atoms with van der Waals surface area (Å²) in [4.78, 5) is 11.7. The van der Waals surface area contributed by atoms with Crippen molar-refractivity contribution in [2.24, 2.45) is 0 Å². The molecule has 21 heavy (non-hydrogen) atoms. The van der Waals surface area contributed by atoms with Gasteiger partial charge in [-0.05, 0) is 52.8 Å². The van der Waals surface area contributed by atoms with Crippen molar-refractivity contribution in [2.75, 3.05) is 13.1 Å². The number of hydrogen-bond donors (Lipinski definition) is 1. The number of hydrogen-bond acceptors (Lipinski definition) is 4. The van der Waals surface area contributed by atoms with Crippen LogP contribution in [0, 0.1) is 6.92 Å². The molecule has 1 N–H and O–H groups in total. The van der Waals surface area contributed by atoms with Crippen molar-refractivity contribution in [3.63, 3.8) is 0 Å². The average molecular weight is 285 g/mol. The van der Waals surface area contributed by atoms with E-state index < -0.39 is 0 Å². The summed E-state index contributed by atoms with van der Waals surface area (Å²) in [5.41, 5.74) is 4.00. The minimum Gasteiger partial charge on any atom is -0.301 e. The molecule has 1 aliphatic heterocycles. The van der Waals surface area contributed by atoms with E-state index in [4.69, 9.17) is 0 Å². The molecule has 0 amide bonds. The maximum Gasteiger partial charge on any atom is 0.113 e. The van der Waals surface area contributed by atoms with Crippen molar-refractivity contribution in [1.29, 1.82) is 0 Å². The zero-order valence-corrected chi connectivity index (χ0v) is 13.0. The third-order valence-corrected chi connectivity index (χ3v) is 4.32. The van der Waals surface area contributed by atoms with Crippen molar-refractivity contribution >= 4 is 0 Å². The molecule has 1 aliphatic rings. The fourth-order valence-corrected chi connectivity index (χ4v) is 3.07. The van der Waals surface area contributed by atoms with Gasteiger partial charge in [0.2, 0.25) is 0 Å². The summed E-state index contributed by atoms with van der Waals surface area (Å²) in [5.74, 6) is 0.487. The Labute approximate surface area is 125 Å². The van der Waals surface area contributed by atoms with Gasteiger partial charge in [-0.3, -0.25) is 15.1 Å². The van der Waals surface area contributed by atoms with Crippen LogP contribution < -0.4 is 0 Å². The Morgan fingerprint density at radius 1 is 1.19 bits per heavy atom. The number of likely N-dealkylation sites (tertiary alicyclic amines) is 1. The summed E-state index contributed by atoms with van der Waals surface area (Å²) < 4.78 is 0. The highest BCUT2D eigenvalue weighted by molar-refractivity contribution is 5.57. The van der Waals surface area contributed by atoms with Gasteiger partial charge in [-0.1, -0.05) is 0 Å². The Kier molecular flexibility index (Phi) is 4.01. The molecule has 0 atom stereocenters. The SMILES string of the molecule is Cc1cc(-c2nccnc2C2CCN(C(C)C)CC2)n[nH]1. The third-order valence-electron chi connectivity index (χ3n) is 4.32. The first-order valence-corrected chi connectivity index (χ1v) is 7.72. The van der Waals surface area contributed by atoms with Crippen LogP contribution in [0.4, 0.5) is 0 Å². The monoisotopic (exact) mass is 285 g/mol. The van der Waals surface area contributed by atoms with Crippen molar-refractivity contribution in [2.45, 2.75) is 45.6 Å². The lowest BCUT2D eigenvalue weighted by Gasteiger charge is -2.34. The Bertz CT molecular complexity index is 596. The molecule has 0 spiro atoms. The van der Waals surface area contributed by atoms with Crippen molar-refractivity contribution in [3.8, 4) is 11.4 Å². The van der Waals surface area contributed by atoms with Gasteiger partial charge >= 0.3 is 0 Å². The molecule has 0 bridgehead atoms. The first kappa shape index (κ1) is 14.2. The number of aromatic amines is 1. The predicted octanol–water partition coefficient (Wildman–Crippen LogP) is 2.76. The highest BCUT2D eigenvalue weighted by Crippen LogP contribution is 2.32. The zero-order valence-electron chi connectivity index (χ0n) is 13.0. The molecule has 2 aromatic heterocycles. The summed E-state index contributed by atoms with van der Waals surface area (Å²) in [5, 5.41) is 7.34. The molecule has 0 aromatic carbocycles. The predicted molar refractivity (Wildman–Crippen MR) is 83.0 cm³/mol. The van der Waals surface area contributed by atoms with Crippen LogP contribution in [0.1, 0.15) is 44.0 Å². The maximum absolute atomic E-state index is 4.62. The zero-order chi connectivity index (χ0) is 14.8. The van der Waals surface area contributed by atoms with Crippen LogP contribution in [0.3, 0.4) is 0 Å². The van der Waals surface area contributed by atoms with Gasteiger partial charge in [-0.25, -0.2) is 0 Å². The van der Waals surface area contributed by atoms with Gasteiger partial charge in [0.15, 0.2) is 0 Å². The highest BCUT2D eigenvalue weighted by atomic mass is 15.2. The van der Waals surface area contributed by atoms with E-state index in [9.17, 15) is 0 Å². The minimum absolute atomic E-state index is 0.487. The Morgan fingerprint density at radius 3 is 2.52 bits per heavy atom. The van der Waals surface area contributed by atoms with Gasteiger partial charge in [0, 0.05) is 30.0 Å². The lowest BCUT2D eigenvalue weighted by atomic mass is 9.91. The molecule has 1 saturated heterocycles. The molecule has 1 fully saturated rings. The Balaban J connectivity index is 1.83. The minimum atomic E-state index is 0.487. The second kappa shape index (κ2) is 5.93. The van der Waals surface area contributed by atoms with Crippen LogP contribution in [-0.4, -0.2) is 44.2 Å². The van der Waals surface area contributed by atoms with Crippen molar-refractivity contribution in [3.05, 3.63) is 29.8 Å². The third kappa shape index (κ3) is 2.97. The van der Waals surface area contributed by atoms with E-state index in [2.05, 4.69) is 38.9 Å². The number of nitrogens with one attached hydrogen (secondary N) is 1. The summed E-state index contributed by atoms with van der Waals surface area (Å²) in [6.07, 6.45) is 5.85. The molecule has 112 valence electrons. The van der Waals surface area contributed by atoms with E-state index in [0.717, 1.165) is 48.7 Å². The molecule has 0 unspecified atom stereocenters. The molecule has 5 heteroatoms. The number of aryl methyl sites for hydroxylation is 1. The second-order valence-electron chi connectivity index (χ2n) is 6.13. The van der Waals surface area contributed by atoms with Crippen molar-refractivity contribution in [1.82, 2.24) is 25.1 Å². The van der Waals surface area contributed by atoms with E-state index in [-0.39, 0.29) is 0 Å². The molecule has 0 aliphatic carbocycles. The van der Waals surface area contributed by atoms with Gasteiger partial charge in [0.05, 0.1) is 5.69 Å².